The number of methoxy groups -OCH3 is 1. The standard InChI is InChI=1S/C26H26FN5O3S2/c1-5-32-23(17-8-12-19(13-9-17)31(2)3)29-30-26(32)37-15-21(33)28-24-22(25(34)35-4)20(14-36-24)16-6-10-18(27)11-7-16/h6-14H,5,15H2,1-4H3,(H,28,33). The van der Waals surface area contributed by atoms with E-state index in [1.54, 1.807) is 17.5 Å². The van der Waals surface area contributed by atoms with Gasteiger partial charge in [0.25, 0.3) is 0 Å². The van der Waals surface area contributed by atoms with Gasteiger partial charge in [0.15, 0.2) is 11.0 Å². The number of amides is 1. The fourth-order valence-electron chi connectivity index (χ4n) is 3.69. The Kier molecular flexibility index (Phi) is 8.24. The zero-order valence-electron chi connectivity index (χ0n) is 20.8. The second kappa shape index (κ2) is 11.6. The van der Waals surface area contributed by atoms with Crippen molar-refractivity contribution in [2.75, 3.05) is 37.2 Å². The van der Waals surface area contributed by atoms with Crippen LogP contribution in [0.2, 0.25) is 0 Å². The summed E-state index contributed by atoms with van der Waals surface area (Å²) >= 11 is 2.47. The molecule has 0 aliphatic heterocycles. The van der Waals surface area contributed by atoms with Gasteiger partial charge in [0.2, 0.25) is 5.91 Å². The lowest BCUT2D eigenvalue weighted by molar-refractivity contribution is -0.113. The Morgan fingerprint density at radius 1 is 1.08 bits per heavy atom. The van der Waals surface area contributed by atoms with Crippen LogP contribution in [0.5, 0.6) is 0 Å². The Labute approximate surface area is 222 Å². The number of nitrogens with zero attached hydrogens (tertiary/aromatic N) is 4. The fraction of sp³-hybridized carbons (Fsp3) is 0.231. The summed E-state index contributed by atoms with van der Waals surface area (Å²) in [6, 6.07) is 13.8. The molecule has 0 spiro atoms. The molecule has 4 rings (SSSR count). The van der Waals surface area contributed by atoms with E-state index in [9.17, 15) is 14.0 Å². The van der Waals surface area contributed by atoms with Gasteiger partial charge in [-0.15, -0.1) is 21.5 Å². The number of rotatable bonds is 9. The molecule has 1 amide bonds. The summed E-state index contributed by atoms with van der Waals surface area (Å²) in [4.78, 5) is 27.4. The van der Waals surface area contributed by atoms with Crippen LogP contribution in [-0.2, 0) is 16.1 Å². The number of hydrogen-bond acceptors (Lipinski definition) is 8. The van der Waals surface area contributed by atoms with Crippen molar-refractivity contribution in [3.63, 3.8) is 0 Å². The molecule has 0 aliphatic rings. The molecular formula is C26H26FN5O3S2. The first kappa shape index (κ1) is 26.4. The van der Waals surface area contributed by atoms with E-state index in [-0.39, 0.29) is 23.0 Å². The molecule has 0 saturated heterocycles. The maximum absolute atomic E-state index is 13.4. The Bertz CT molecular complexity index is 1400. The summed E-state index contributed by atoms with van der Waals surface area (Å²) < 4.78 is 20.3. The lowest BCUT2D eigenvalue weighted by Crippen LogP contribution is -2.16. The number of ether oxygens (including phenoxy) is 1. The summed E-state index contributed by atoms with van der Waals surface area (Å²) in [6.45, 7) is 2.64. The number of hydrogen-bond donors (Lipinski definition) is 1. The molecule has 37 heavy (non-hydrogen) atoms. The van der Waals surface area contributed by atoms with Crippen molar-refractivity contribution in [1.29, 1.82) is 0 Å². The van der Waals surface area contributed by atoms with Crippen LogP contribution < -0.4 is 10.2 Å². The van der Waals surface area contributed by atoms with Gasteiger partial charge in [-0.1, -0.05) is 23.9 Å². The van der Waals surface area contributed by atoms with Gasteiger partial charge in [-0.05, 0) is 48.9 Å². The van der Waals surface area contributed by atoms with Crippen LogP contribution >= 0.6 is 23.1 Å². The highest BCUT2D eigenvalue weighted by Crippen LogP contribution is 2.36. The number of benzene rings is 2. The lowest BCUT2D eigenvalue weighted by atomic mass is 10.0. The van der Waals surface area contributed by atoms with Crippen LogP contribution in [0.4, 0.5) is 15.1 Å². The predicted molar refractivity (Wildman–Crippen MR) is 146 cm³/mol. The molecule has 11 heteroatoms. The minimum absolute atomic E-state index is 0.0715. The SMILES string of the molecule is CCn1c(SCC(=O)Nc2scc(-c3ccc(F)cc3)c2C(=O)OC)nnc1-c1ccc(N(C)C)cc1. The summed E-state index contributed by atoms with van der Waals surface area (Å²) in [6.07, 6.45) is 0. The summed E-state index contributed by atoms with van der Waals surface area (Å²) in [5.74, 6) is -0.463. The van der Waals surface area contributed by atoms with E-state index >= 15 is 0 Å². The van der Waals surface area contributed by atoms with Crippen molar-refractivity contribution in [2.45, 2.75) is 18.6 Å². The molecule has 8 nitrogen and oxygen atoms in total. The summed E-state index contributed by atoms with van der Waals surface area (Å²) in [7, 11) is 5.24. The first-order valence-electron chi connectivity index (χ1n) is 11.4. The number of halogens is 1. The van der Waals surface area contributed by atoms with Gasteiger partial charge in [0.1, 0.15) is 16.4 Å². The Balaban J connectivity index is 1.49. The quantitative estimate of drug-likeness (QED) is 0.225. The first-order chi connectivity index (χ1) is 17.8. The number of anilines is 2. The van der Waals surface area contributed by atoms with Gasteiger partial charge in [-0.25, -0.2) is 9.18 Å². The van der Waals surface area contributed by atoms with E-state index in [1.807, 2.05) is 54.8 Å². The Morgan fingerprint density at radius 2 is 1.76 bits per heavy atom. The topological polar surface area (TPSA) is 89.3 Å². The van der Waals surface area contributed by atoms with Crippen LogP contribution in [-0.4, -0.2) is 53.6 Å². The lowest BCUT2D eigenvalue weighted by Gasteiger charge is -2.13. The maximum Gasteiger partial charge on any atom is 0.341 e. The van der Waals surface area contributed by atoms with E-state index in [1.165, 1.54) is 42.3 Å². The second-order valence-electron chi connectivity index (χ2n) is 8.18. The highest BCUT2D eigenvalue weighted by Gasteiger charge is 2.23. The molecule has 2 heterocycles. The van der Waals surface area contributed by atoms with Crippen LogP contribution in [0.3, 0.4) is 0 Å². The third-order valence-electron chi connectivity index (χ3n) is 5.60. The van der Waals surface area contributed by atoms with Gasteiger partial charge < -0.3 is 19.5 Å². The molecule has 0 aliphatic carbocycles. The van der Waals surface area contributed by atoms with E-state index in [4.69, 9.17) is 4.74 Å². The molecule has 1 N–H and O–H groups in total. The molecule has 4 aromatic rings. The zero-order valence-corrected chi connectivity index (χ0v) is 22.5. The molecule has 0 fully saturated rings. The number of thioether (sulfide) groups is 1. The van der Waals surface area contributed by atoms with E-state index < -0.39 is 5.97 Å². The molecule has 2 aromatic carbocycles. The van der Waals surface area contributed by atoms with Gasteiger partial charge in [0.05, 0.1) is 12.9 Å². The molecule has 0 bridgehead atoms. The normalized spacial score (nSPS) is 10.8. The van der Waals surface area contributed by atoms with Crippen molar-refractivity contribution >= 4 is 45.7 Å². The van der Waals surface area contributed by atoms with E-state index in [2.05, 4.69) is 15.5 Å². The Hall–Kier alpha value is -3.70. The van der Waals surface area contributed by atoms with Gasteiger partial charge in [-0.2, -0.15) is 0 Å². The third kappa shape index (κ3) is 5.83. The van der Waals surface area contributed by atoms with Crippen LogP contribution in [0.25, 0.3) is 22.5 Å². The Morgan fingerprint density at radius 3 is 2.38 bits per heavy atom. The number of thiophene rings is 1. The van der Waals surface area contributed by atoms with Crippen molar-refractivity contribution < 1.29 is 18.7 Å². The molecule has 192 valence electrons. The minimum Gasteiger partial charge on any atom is -0.465 e. The smallest absolute Gasteiger partial charge is 0.341 e. The van der Waals surface area contributed by atoms with Crippen molar-refractivity contribution in [2.24, 2.45) is 0 Å². The average Bonchev–Trinajstić information content (AvgIpc) is 3.51. The number of aromatic nitrogens is 3. The van der Waals surface area contributed by atoms with Crippen LogP contribution in [0.1, 0.15) is 17.3 Å². The van der Waals surface area contributed by atoms with E-state index in [0.717, 1.165) is 17.1 Å². The number of carbonyl (C=O) groups excluding carboxylic acids is 2. The number of nitrogens with one attached hydrogen (secondary N) is 1. The molecule has 0 atom stereocenters. The van der Waals surface area contributed by atoms with Gasteiger partial charge in [-0.3, -0.25) is 4.79 Å². The molecule has 0 saturated carbocycles. The monoisotopic (exact) mass is 539 g/mol. The van der Waals surface area contributed by atoms with Crippen LogP contribution in [0.15, 0.2) is 59.1 Å². The van der Waals surface area contributed by atoms with Crippen LogP contribution in [0, 0.1) is 5.82 Å². The largest absolute Gasteiger partial charge is 0.465 e. The van der Waals surface area contributed by atoms with Gasteiger partial charge >= 0.3 is 5.97 Å². The average molecular weight is 540 g/mol. The third-order valence-corrected chi connectivity index (χ3v) is 7.46. The molecular weight excluding hydrogens is 513 g/mol. The number of esters is 1. The van der Waals surface area contributed by atoms with Crippen molar-refractivity contribution in [3.8, 4) is 22.5 Å². The summed E-state index contributed by atoms with van der Waals surface area (Å²) in [5.41, 5.74) is 3.47. The molecule has 2 aromatic heterocycles. The first-order valence-corrected chi connectivity index (χ1v) is 13.3. The highest BCUT2D eigenvalue weighted by atomic mass is 32.2. The number of carbonyl (C=O) groups is 2. The second-order valence-corrected chi connectivity index (χ2v) is 10.0. The molecule has 0 unspecified atom stereocenters. The zero-order chi connectivity index (χ0) is 26.5. The minimum atomic E-state index is -0.584. The van der Waals surface area contributed by atoms with Gasteiger partial charge in [0, 0.05) is 42.8 Å². The summed E-state index contributed by atoms with van der Waals surface area (Å²) in [5, 5.41) is 14.2. The molecule has 0 radical (unpaired) electrons. The predicted octanol–water partition coefficient (Wildman–Crippen LogP) is 5.42. The van der Waals surface area contributed by atoms with Crippen molar-refractivity contribution in [1.82, 2.24) is 14.8 Å². The van der Waals surface area contributed by atoms with E-state index in [0.29, 0.717) is 27.8 Å². The maximum atomic E-state index is 13.4. The van der Waals surface area contributed by atoms with Crippen molar-refractivity contribution in [3.05, 3.63) is 65.3 Å². The highest BCUT2D eigenvalue weighted by molar-refractivity contribution is 7.99. The fourth-order valence-corrected chi connectivity index (χ4v) is 5.47.